The Morgan fingerprint density at radius 1 is 0.971 bits per heavy atom. The molecule has 5 nitrogen and oxygen atoms in total. The first-order valence-electron chi connectivity index (χ1n) is 11.8. The molecule has 0 aromatic heterocycles. The van der Waals surface area contributed by atoms with Gasteiger partial charge in [-0.05, 0) is 56.2 Å². The van der Waals surface area contributed by atoms with Crippen molar-refractivity contribution in [1.82, 2.24) is 5.32 Å². The van der Waals surface area contributed by atoms with Crippen LogP contribution in [0.3, 0.4) is 0 Å². The number of carbonyl (C=O) groups is 2. The van der Waals surface area contributed by atoms with Crippen LogP contribution in [0.5, 0.6) is 5.75 Å². The van der Waals surface area contributed by atoms with Gasteiger partial charge in [-0.3, -0.25) is 14.9 Å². The molecule has 0 amide bonds. The lowest BCUT2D eigenvalue weighted by Gasteiger charge is -2.42. The molecule has 0 aliphatic carbocycles. The van der Waals surface area contributed by atoms with E-state index in [0.29, 0.717) is 16.9 Å². The lowest BCUT2D eigenvalue weighted by Crippen LogP contribution is -2.48. The summed E-state index contributed by atoms with van der Waals surface area (Å²) < 4.78 is 25.8. The van der Waals surface area contributed by atoms with Crippen LogP contribution in [0.1, 0.15) is 54.2 Å². The van der Waals surface area contributed by atoms with E-state index < -0.39 is 35.0 Å². The molecule has 0 radical (unpaired) electrons. The van der Waals surface area contributed by atoms with Crippen LogP contribution in [0, 0.1) is 11.2 Å². The number of esters is 1. The van der Waals surface area contributed by atoms with E-state index in [-0.39, 0.29) is 18.2 Å². The highest BCUT2D eigenvalue weighted by Crippen LogP contribution is 2.57. The summed E-state index contributed by atoms with van der Waals surface area (Å²) in [6, 6.07) is 21.3. The van der Waals surface area contributed by atoms with Crippen molar-refractivity contribution in [3.8, 4) is 5.75 Å². The molecule has 5 rings (SSSR count). The van der Waals surface area contributed by atoms with E-state index in [9.17, 15) is 14.0 Å². The number of hydrogen-bond donors (Lipinski definition) is 1. The quantitative estimate of drug-likeness (QED) is 0.528. The molecular formula is C29H28FNO4. The third-order valence-corrected chi connectivity index (χ3v) is 6.79. The first-order chi connectivity index (χ1) is 16.7. The van der Waals surface area contributed by atoms with Crippen molar-refractivity contribution >= 4 is 11.8 Å². The molecule has 2 aliphatic heterocycles. The van der Waals surface area contributed by atoms with Gasteiger partial charge >= 0.3 is 5.97 Å². The van der Waals surface area contributed by atoms with Gasteiger partial charge in [-0.1, -0.05) is 54.6 Å². The van der Waals surface area contributed by atoms with Crippen LogP contribution in [0.4, 0.5) is 4.39 Å². The van der Waals surface area contributed by atoms with Crippen molar-refractivity contribution in [1.29, 1.82) is 0 Å². The topological polar surface area (TPSA) is 64.6 Å². The van der Waals surface area contributed by atoms with E-state index in [4.69, 9.17) is 9.47 Å². The fraction of sp³-hybridized carbons (Fsp3) is 0.310. The average molecular weight is 474 g/mol. The first-order valence-corrected chi connectivity index (χ1v) is 11.8. The van der Waals surface area contributed by atoms with Crippen molar-refractivity contribution in [2.45, 2.75) is 44.4 Å². The van der Waals surface area contributed by atoms with E-state index in [1.807, 2.05) is 57.2 Å². The Bertz CT molecular complexity index is 1250. The highest BCUT2D eigenvalue weighted by atomic mass is 19.1. The summed E-state index contributed by atoms with van der Waals surface area (Å²) in [5.74, 6) is -0.980. The van der Waals surface area contributed by atoms with Crippen LogP contribution >= 0.6 is 0 Å². The van der Waals surface area contributed by atoms with E-state index in [2.05, 4.69) is 5.32 Å². The Hall–Kier alpha value is -3.51. The summed E-state index contributed by atoms with van der Waals surface area (Å²) in [4.78, 5) is 27.9. The number of carbonyl (C=O) groups excluding carboxylic acids is 2. The maximum absolute atomic E-state index is 14.4. The summed E-state index contributed by atoms with van der Waals surface area (Å²) >= 11 is 0. The SMILES string of the molecule is CC(C)(C)OC(=O)[C@H]1N[C@@H](c2ccc(F)cc2)[C@]2(COc3ccccc3C2=O)[C@@H]1c1ccccc1. The maximum atomic E-state index is 14.4. The smallest absolute Gasteiger partial charge is 0.324 e. The van der Waals surface area contributed by atoms with Crippen molar-refractivity contribution in [3.05, 3.63) is 101 Å². The lowest BCUT2D eigenvalue weighted by atomic mass is 9.62. The van der Waals surface area contributed by atoms with Crippen LogP contribution in [0.25, 0.3) is 0 Å². The van der Waals surface area contributed by atoms with E-state index >= 15 is 0 Å². The summed E-state index contributed by atoms with van der Waals surface area (Å²) in [7, 11) is 0. The number of para-hydroxylation sites is 1. The van der Waals surface area contributed by atoms with E-state index in [1.165, 1.54) is 12.1 Å². The van der Waals surface area contributed by atoms with Gasteiger partial charge in [-0.2, -0.15) is 0 Å². The fourth-order valence-corrected chi connectivity index (χ4v) is 5.41. The molecule has 2 heterocycles. The van der Waals surface area contributed by atoms with Gasteiger partial charge < -0.3 is 9.47 Å². The molecule has 0 unspecified atom stereocenters. The Balaban J connectivity index is 1.72. The molecule has 0 bridgehead atoms. The Kier molecular flexibility index (Phi) is 5.72. The van der Waals surface area contributed by atoms with E-state index in [0.717, 1.165) is 5.56 Å². The molecule has 3 aromatic rings. The van der Waals surface area contributed by atoms with Crippen LogP contribution in [0.15, 0.2) is 78.9 Å². The zero-order chi connectivity index (χ0) is 24.8. The standard InChI is InChI=1S/C29H28FNO4/c1-28(2,3)35-27(33)24-23(18-9-5-4-6-10-18)29(25(31-24)19-13-15-20(30)16-14-19)17-34-22-12-8-7-11-21(22)26(29)32/h4-16,23-25,31H,17H2,1-3H3/t23-,24+,25+,29+/m1/s1. The highest BCUT2D eigenvalue weighted by molar-refractivity contribution is 6.06. The Morgan fingerprint density at radius 2 is 1.63 bits per heavy atom. The molecule has 180 valence electrons. The molecular weight excluding hydrogens is 445 g/mol. The van der Waals surface area contributed by atoms with Crippen LogP contribution < -0.4 is 10.1 Å². The number of halogens is 1. The number of ether oxygens (including phenoxy) is 2. The van der Waals surface area contributed by atoms with Crippen molar-refractivity contribution in [2.75, 3.05) is 6.61 Å². The average Bonchev–Trinajstić information content (AvgIpc) is 3.18. The zero-order valence-corrected chi connectivity index (χ0v) is 20.0. The molecule has 0 saturated carbocycles. The second-order valence-electron chi connectivity index (χ2n) is 10.2. The largest absolute Gasteiger partial charge is 0.492 e. The minimum absolute atomic E-state index is 0.0662. The van der Waals surface area contributed by atoms with E-state index in [1.54, 1.807) is 30.3 Å². The number of nitrogens with one attached hydrogen (secondary N) is 1. The van der Waals surface area contributed by atoms with Crippen molar-refractivity contribution < 1.29 is 23.5 Å². The molecule has 4 atom stereocenters. The number of ketones is 1. The summed E-state index contributed by atoms with van der Waals surface area (Å²) in [5, 5.41) is 3.42. The minimum atomic E-state index is -1.16. The highest BCUT2D eigenvalue weighted by Gasteiger charge is 2.64. The monoisotopic (exact) mass is 473 g/mol. The molecule has 2 aliphatic rings. The molecule has 35 heavy (non-hydrogen) atoms. The maximum Gasteiger partial charge on any atom is 0.324 e. The molecule has 3 aromatic carbocycles. The second kappa shape index (κ2) is 8.61. The van der Waals surface area contributed by atoms with Gasteiger partial charge in [0, 0.05) is 12.0 Å². The molecule has 6 heteroatoms. The summed E-state index contributed by atoms with van der Waals surface area (Å²) in [6.07, 6.45) is 0. The molecule has 1 fully saturated rings. The minimum Gasteiger partial charge on any atom is -0.492 e. The molecule has 1 saturated heterocycles. The van der Waals surface area contributed by atoms with Gasteiger partial charge in [0.25, 0.3) is 0 Å². The normalized spacial score (nSPS) is 25.7. The second-order valence-corrected chi connectivity index (χ2v) is 10.2. The zero-order valence-electron chi connectivity index (χ0n) is 20.0. The summed E-state index contributed by atoms with van der Waals surface area (Å²) in [6.45, 7) is 5.51. The van der Waals surface area contributed by atoms with Crippen molar-refractivity contribution in [2.24, 2.45) is 5.41 Å². The number of hydrogen-bond acceptors (Lipinski definition) is 5. The number of Topliss-reactive ketones (excluding diaryl/α,β-unsaturated/α-hetero) is 1. The predicted octanol–water partition coefficient (Wildman–Crippen LogP) is 5.23. The number of benzene rings is 3. The van der Waals surface area contributed by atoms with Gasteiger partial charge in [0.1, 0.15) is 29.8 Å². The van der Waals surface area contributed by atoms with Crippen LogP contribution in [-0.4, -0.2) is 30.0 Å². The van der Waals surface area contributed by atoms with Crippen LogP contribution in [-0.2, 0) is 9.53 Å². The van der Waals surface area contributed by atoms with Crippen molar-refractivity contribution in [3.63, 3.8) is 0 Å². The Labute approximate surface area is 204 Å². The first kappa shape index (κ1) is 23.2. The third-order valence-electron chi connectivity index (χ3n) is 6.79. The number of rotatable bonds is 3. The fourth-order valence-electron chi connectivity index (χ4n) is 5.41. The summed E-state index contributed by atoms with van der Waals surface area (Å²) in [5.41, 5.74) is 0.139. The van der Waals surface area contributed by atoms with Gasteiger partial charge in [0.05, 0.1) is 11.0 Å². The predicted molar refractivity (Wildman–Crippen MR) is 130 cm³/mol. The molecule has 1 spiro atoms. The Morgan fingerprint density at radius 3 is 2.31 bits per heavy atom. The van der Waals surface area contributed by atoms with Gasteiger partial charge in [0.2, 0.25) is 0 Å². The van der Waals surface area contributed by atoms with Gasteiger partial charge in [-0.15, -0.1) is 0 Å². The molecule has 1 N–H and O–H groups in total. The number of fused-ring (bicyclic) bond motifs is 1. The van der Waals surface area contributed by atoms with Gasteiger partial charge in [-0.25, -0.2) is 4.39 Å². The van der Waals surface area contributed by atoms with Crippen LogP contribution in [0.2, 0.25) is 0 Å². The third kappa shape index (κ3) is 4.02. The lowest BCUT2D eigenvalue weighted by molar-refractivity contribution is -0.157. The van der Waals surface area contributed by atoms with Gasteiger partial charge in [0.15, 0.2) is 5.78 Å².